The van der Waals surface area contributed by atoms with Gasteiger partial charge in [0.05, 0.1) is 12.2 Å². The molecule has 0 aromatic carbocycles. The maximum absolute atomic E-state index is 12.5. The number of amides is 1. The van der Waals surface area contributed by atoms with Gasteiger partial charge in [-0.25, -0.2) is 0 Å². The number of aliphatic hydroxyl groups is 3. The second-order valence-electron chi connectivity index (χ2n) is 7.61. The number of fused-ring (bicyclic) bond motifs is 1. The van der Waals surface area contributed by atoms with Crippen molar-refractivity contribution < 1.29 is 24.9 Å². The SMILES string of the molecule is CC(C)(C)C(=O)Nc1nc2c(c(C#N)cn2[C@@H]2O[C@H](CO)[C@@H](O)[C@H]2O)c(=O)[nH]1. The van der Waals surface area contributed by atoms with Crippen LogP contribution in [-0.4, -0.2) is 60.7 Å². The fourth-order valence-electron chi connectivity index (χ4n) is 2.90. The molecule has 150 valence electrons. The van der Waals surface area contributed by atoms with Gasteiger partial charge in [-0.2, -0.15) is 10.2 Å². The van der Waals surface area contributed by atoms with Gasteiger partial charge in [0.1, 0.15) is 29.8 Å². The van der Waals surface area contributed by atoms with Gasteiger partial charge in [-0.15, -0.1) is 0 Å². The largest absolute Gasteiger partial charge is 0.394 e. The lowest BCUT2D eigenvalue weighted by Crippen LogP contribution is -2.33. The zero-order chi connectivity index (χ0) is 20.8. The Hall–Kier alpha value is -2.78. The second-order valence-corrected chi connectivity index (χ2v) is 7.61. The molecular formula is C17H21N5O6. The highest BCUT2D eigenvalue weighted by molar-refractivity contribution is 5.94. The molecule has 1 saturated heterocycles. The fraction of sp³-hybridized carbons (Fsp3) is 0.529. The maximum atomic E-state index is 12.5. The van der Waals surface area contributed by atoms with Crippen LogP contribution < -0.4 is 10.9 Å². The van der Waals surface area contributed by atoms with Crippen molar-refractivity contribution in [1.82, 2.24) is 14.5 Å². The number of ether oxygens (including phenoxy) is 1. The van der Waals surface area contributed by atoms with Crippen LogP contribution in [0.5, 0.6) is 0 Å². The topological polar surface area (TPSA) is 173 Å². The summed E-state index contributed by atoms with van der Waals surface area (Å²) in [6, 6.07) is 1.87. The van der Waals surface area contributed by atoms with Crippen molar-refractivity contribution >= 4 is 22.9 Å². The molecule has 5 N–H and O–H groups in total. The van der Waals surface area contributed by atoms with Crippen molar-refractivity contribution in [2.45, 2.75) is 45.3 Å². The lowest BCUT2D eigenvalue weighted by atomic mass is 9.96. The second kappa shape index (κ2) is 6.99. The highest BCUT2D eigenvalue weighted by atomic mass is 16.6. The molecule has 0 unspecified atom stereocenters. The molecular weight excluding hydrogens is 370 g/mol. The number of nitriles is 1. The molecule has 11 heteroatoms. The van der Waals surface area contributed by atoms with Crippen molar-refractivity contribution in [3.8, 4) is 6.07 Å². The third-order valence-corrected chi connectivity index (χ3v) is 4.51. The normalized spacial score (nSPS) is 25.0. The molecule has 1 aliphatic heterocycles. The summed E-state index contributed by atoms with van der Waals surface area (Å²) in [4.78, 5) is 31.3. The van der Waals surface area contributed by atoms with Gasteiger partial charge in [-0.1, -0.05) is 20.8 Å². The number of hydrogen-bond acceptors (Lipinski definition) is 8. The first-order chi connectivity index (χ1) is 13.1. The van der Waals surface area contributed by atoms with Gasteiger partial charge in [0, 0.05) is 11.6 Å². The van der Waals surface area contributed by atoms with Gasteiger partial charge >= 0.3 is 0 Å². The average Bonchev–Trinajstić information content (AvgIpc) is 3.12. The molecule has 4 atom stereocenters. The molecule has 0 saturated carbocycles. The Morgan fingerprint density at radius 2 is 2.11 bits per heavy atom. The molecule has 1 aliphatic rings. The molecule has 28 heavy (non-hydrogen) atoms. The van der Waals surface area contributed by atoms with Crippen LogP contribution in [0.25, 0.3) is 11.0 Å². The number of carbonyl (C=O) groups is 1. The van der Waals surface area contributed by atoms with Crippen LogP contribution in [0.2, 0.25) is 0 Å². The van der Waals surface area contributed by atoms with Crippen LogP contribution in [0, 0.1) is 16.7 Å². The number of aromatic amines is 1. The summed E-state index contributed by atoms with van der Waals surface area (Å²) >= 11 is 0. The highest BCUT2D eigenvalue weighted by Gasteiger charge is 2.44. The van der Waals surface area contributed by atoms with Crippen LogP contribution in [0.3, 0.4) is 0 Å². The number of carbonyl (C=O) groups excluding carboxylic acids is 1. The third kappa shape index (κ3) is 3.27. The predicted molar refractivity (Wildman–Crippen MR) is 96.2 cm³/mol. The van der Waals surface area contributed by atoms with E-state index in [0.717, 1.165) is 0 Å². The molecule has 3 rings (SSSR count). The molecule has 0 radical (unpaired) electrons. The van der Waals surface area contributed by atoms with Gasteiger partial charge in [-0.05, 0) is 0 Å². The number of anilines is 1. The van der Waals surface area contributed by atoms with Crippen LogP contribution in [-0.2, 0) is 9.53 Å². The van der Waals surface area contributed by atoms with E-state index in [1.165, 1.54) is 10.8 Å². The first-order valence-corrected chi connectivity index (χ1v) is 8.57. The van der Waals surface area contributed by atoms with Crippen molar-refractivity contribution in [3.63, 3.8) is 0 Å². The van der Waals surface area contributed by atoms with Gasteiger partial charge in [0.2, 0.25) is 11.9 Å². The Kier molecular flexibility index (Phi) is 4.99. The van der Waals surface area contributed by atoms with Crippen LogP contribution in [0.1, 0.15) is 32.6 Å². The minimum atomic E-state index is -1.42. The first kappa shape index (κ1) is 20.0. The van der Waals surface area contributed by atoms with E-state index in [2.05, 4.69) is 15.3 Å². The molecule has 0 aliphatic carbocycles. The van der Waals surface area contributed by atoms with Gasteiger partial charge in [0.15, 0.2) is 11.9 Å². The molecule has 0 spiro atoms. The van der Waals surface area contributed by atoms with Gasteiger partial charge in [0.25, 0.3) is 5.56 Å². The monoisotopic (exact) mass is 391 g/mol. The van der Waals surface area contributed by atoms with Crippen molar-refractivity contribution in [1.29, 1.82) is 5.26 Å². The van der Waals surface area contributed by atoms with Crippen LogP contribution in [0.4, 0.5) is 5.95 Å². The summed E-state index contributed by atoms with van der Waals surface area (Å²) in [7, 11) is 0. The fourth-order valence-corrected chi connectivity index (χ4v) is 2.90. The van der Waals surface area contributed by atoms with Crippen molar-refractivity contribution in [2.75, 3.05) is 11.9 Å². The molecule has 2 aromatic rings. The van der Waals surface area contributed by atoms with E-state index in [1.807, 2.05) is 6.07 Å². The zero-order valence-corrected chi connectivity index (χ0v) is 15.5. The Bertz CT molecular complexity index is 1010. The number of nitrogens with zero attached hydrogens (tertiary/aromatic N) is 3. The van der Waals surface area contributed by atoms with Crippen molar-refractivity contribution in [2.24, 2.45) is 5.41 Å². The third-order valence-electron chi connectivity index (χ3n) is 4.51. The van der Waals surface area contributed by atoms with Crippen molar-refractivity contribution in [3.05, 3.63) is 22.1 Å². The lowest BCUT2D eigenvalue weighted by Gasteiger charge is -2.18. The Labute approximate surface area is 159 Å². The van der Waals surface area contributed by atoms with Crippen LogP contribution >= 0.6 is 0 Å². The average molecular weight is 391 g/mol. The lowest BCUT2D eigenvalue weighted by molar-refractivity contribution is -0.123. The number of rotatable bonds is 3. The van der Waals surface area contributed by atoms with E-state index in [0.29, 0.717) is 0 Å². The summed E-state index contributed by atoms with van der Waals surface area (Å²) in [5.41, 5.74) is -1.43. The highest BCUT2D eigenvalue weighted by Crippen LogP contribution is 2.32. The first-order valence-electron chi connectivity index (χ1n) is 8.57. The summed E-state index contributed by atoms with van der Waals surface area (Å²) < 4.78 is 6.70. The molecule has 1 fully saturated rings. The Morgan fingerprint density at radius 1 is 1.43 bits per heavy atom. The number of H-pyrrole nitrogens is 1. The predicted octanol–water partition coefficient (Wildman–Crippen LogP) is -0.808. The molecule has 0 bridgehead atoms. The van der Waals surface area contributed by atoms with E-state index >= 15 is 0 Å². The summed E-state index contributed by atoms with van der Waals surface area (Å²) in [6.07, 6.45) is -3.74. The molecule has 2 aromatic heterocycles. The molecule has 3 heterocycles. The number of hydrogen-bond donors (Lipinski definition) is 5. The quantitative estimate of drug-likeness (QED) is 0.452. The van der Waals surface area contributed by atoms with Crippen LogP contribution in [0.15, 0.2) is 11.0 Å². The van der Waals surface area contributed by atoms with E-state index in [1.54, 1.807) is 20.8 Å². The van der Waals surface area contributed by atoms with E-state index < -0.39 is 42.1 Å². The Morgan fingerprint density at radius 3 is 2.64 bits per heavy atom. The summed E-state index contributed by atoms with van der Waals surface area (Å²) in [5, 5.41) is 41.3. The number of aromatic nitrogens is 3. The minimum absolute atomic E-state index is 0.0145. The smallest absolute Gasteiger partial charge is 0.263 e. The number of nitrogens with one attached hydrogen (secondary N) is 2. The summed E-state index contributed by atoms with van der Waals surface area (Å²) in [5.74, 6) is -0.519. The number of aliphatic hydroxyl groups excluding tert-OH is 3. The summed E-state index contributed by atoms with van der Waals surface area (Å²) in [6.45, 7) is 4.54. The molecule has 1 amide bonds. The van der Waals surface area contributed by atoms with Gasteiger partial charge < -0.3 is 24.6 Å². The Balaban J connectivity index is 2.13. The molecule has 11 nitrogen and oxygen atoms in total. The minimum Gasteiger partial charge on any atom is -0.394 e. The van der Waals surface area contributed by atoms with Gasteiger partial charge in [-0.3, -0.25) is 19.9 Å². The van der Waals surface area contributed by atoms with E-state index in [4.69, 9.17) is 4.74 Å². The van der Waals surface area contributed by atoms with E-state index in [-0.39, 0.29) is 28.5 Å². The maximum Gasteiger partial charge on any atom is 0.263 e. The standard InChI is InChI=1S/C17H21N5O6/c1-17(2,3)15(27)21-16-19-12-9(13(26)20-16)7(4-18)5-22(12)14-11(25)10(24)8(6-23)28-14/h5,8,10-11,14,23-25H,6H2,1-3H3,(H2,19,20,21,26,27)/t8-,10-,11-,14-/m1/s1. The van der Waals surface area contributed by atoms with E-state index in [9.17, 15) is 30.2 Å². The zero-order valence-electron chi connectivity index (χ0n) is 15.5.